The summed E-state index contributed by atoms with van der Waals surface area (Å²) in [5.41, 5.74) is 0. The van der Waals surface area contributed by atoms with Gasteiger partial charge in [0.15, 0.2) is 0 Å². The molecule has 0 aliphatic carbocycles. The number of cyclic esters (lactones) is 4. The Morgan fingerprint density at radius 2 is 1.64 bits per heavy atom. The quantitative estimate of drug-likeness (QED) is 0.422. The summed E-state index contributed by atoms with van der Waals surface area (Å²) in [5.74, 6) is -2.92. The van der Waals surface area contributed by atoms with Gasteiger partial charge < -0.3 is 9.47 Å². The van der Waals surface area contributed by atoms with Crippen LogP contribution in [-0.2, 0) is 28.7 Å². The molecule has 0 saturated carbocycles. The molecular formula is C16H20O6. The Morgan fingerprint density at radius 3 is 2.14 bits per heavy atom. The van der Waals surface area contributed by atoms with E-state index in [0.717, 1.165) is 12.8 Å². The topological polar surface area (TPSA) is 86.7 Å². The molecule has 0 aromatic carbocycles. The number of carbonyl (C=O) groups is 4. The minimum atomic E-state index is -0.595. The third-order valence-corrected chi connectivity index (χ3v) is 3.99. The Labute approximate surface area is 128 Å². The maximum absolute atomic E-state index is 11.8. The lowest BCUT2D eigenvalue weighted by Gasteiger charge is -2.18. The molecule has 2 heterocycles. The van der Waals surface area contributed by atoms with E-state index in [9.17, 15) is 19.2 Å². The second-order valence-electron chi connectivity index (χ2n) is 6.23. The Bertz CT molecular complexity index is 519. The van der Waals surface area contributed by atoms with Gasteiger partial charge in [-0.3, -0.25) is 19.2 Å². The molecular weight excluding hydrogens is 288 g/mol. The second kappa shape index (κ2) is 6.85. The highest BCUT2D eigenvalue weighted by Crippen LogP contribution is 2.31. The van der Waals surface area contributed by atoms with Crippen molar-refractivity contribution < 1.29 is 28.7 Å². The fourth-order valence-corrected chi connectivity index (χ4v) is 2.69. The first-order valence-corrected chi connectivity index (χ1v) is 7.54. The second-order valence-corrected chi connectivity index (χ2v) is 6.23. The molecule has 0 aromatic rings. The molecule has 2 saturated heterocycles. The molecule has 0 N–H and O–H groups in total. The summed E-state index contributed by atoms with van der Waals surface area (Å²) in [7, 11) is 0. The predicted octanol–water partition coefficient (Wildman–Crippen LogP) is 1.77. The van der Waals surface area contributed by atoms with Crippen LogP contribution in [0.4, 0.5) is 0 Å². The maximum Gasteiger partial charge on any atom is 0.321 e. The van der Waals surface area contributed by atoms with Crippen LogP contribution >= 0.6 is 0 Å². The van der Waals surface area contributed by atoms with Crippen molar-refractivity contribution in [2.24, 2.45) is 23.7 Å². The van der Waals surface area contributed by atoms with Gasteiger partial charge in [-0.2, -0.15) is 0 Å². The average molecular weight is 308 g/mol. The minimum Gasteiger partial charge on any atom is -0.393 e. The van der Waals surface area contributed by atoms with Crippen LogP contribution in [0.3, 0.4) is 0 Å². The van der Waals surface area contributed by atoms with Crippen LogP contribution in [0.25, 0.3) is 0 Å². The van der Waals surface area contributed by atoms with Crippen LogP contribution < -0.4 is 0 Å². The Morgan fingerprint density at radius 1 is 1.00 bits per heavy atom. The van der Waals surface area contributed by atoms with E-state index in [1.807, 2.05) is 0 Å². The molecule has 2 fully saturated rings. The molecule has 0 amide bonds. The van der Waals surface area contributed by atoms with Gasteiger partial charge in [-0.1, -0.05) is 32.4 Å². The molecule has 0 bridgehead atoms. The van der Waals surface area contributed by atoms with Crippen LogP contribution in [0.5, 0.6) is 0 Å². The monoisotopic (exact) mass is 308 g/mol. The Hall–Kier alpha value is -1.98. The number of hydrogen-bond acceptors (Lipinski definition) is 6. The number of carbonyl (C=O) groups excluding carboxylic acids is 4. The van der Waals surface area contributed by atoms with Crippen molar-refractivity contribution in [3.05, 3.63) is 12.2 Å². The fraction of sp³-hybridized carbons (Fsp3) is 0.625. The minimum absolute atomic E-state index is 0.0281. The van der Waals surface area contributed by atoms with Gasteiger partial charge in [-0.05, 0) is 18.3 Å². The highest BCUT2D eigenvalue weighted by atomic mass is 16.6. The largest absolute Gasteiger partial charge is 0.393 e. The first-order valence-electron chi connectivity index (χ1n) is 7.54. The van der Waals surface area contributed by atoms with Crippen molar-refractivity contribution >= 4 is 23.9 Å². The van der Waals surface area contributed by atoms with E-state index in [2.05, 4.69) is 23.3 Å². The molecule has 0 radical (unpaired) electrons. The molecule has 6 nitrogen and oxygen atoms in total. The first kappa shape index (κ1) is 16.4. The first-order chi connectivity index (χ1) is 10.4. The lowest BCUT2D eigenvalue weighted by atomic mass is 9.84. The summed E-state index contributed by atoms with van der Waals surface area (Å²) in [4.78, 5) is 45.6. The molecule has 3 unspecified atom stereocenters. The van der Waals surface area contributed by atoms with Crippen molar-refractivity contribution in [1.29, 1.82) is 0 Å². The molecule has 6 heteroatoms. The summed E-state index contributed by atoms with van der Waals surface area (Å²) < 4.78 is 9.11. The number of ether oxygens (including phenoxy) is 2. The lowest BCUT2D eigenvalue weighted by Crippen LogP contribution is -2.19. The molecule has 0 aromatic heterocycles. The highest BCUT2D eigenvalue weighted by molar-refractivity contribution is 5.96. The van der Waals surface area contributed by atoms with Crippen molar-refractivity contribution in [2.45, 2.75) is 39.5 Å². The van der Waals surface area contributed by atoms with E-state index in [1.165, 1.54) is 0 Å². The maximum atomic E-state index is 11.8. The van der Waals surface area contributed by atoms with Crippen LogP contribution in [0.15, 0.2) is 12.2 Å². The predicted molar refractivity (Wildman–Crippen MR) is 75.1 cm³/mol. The molecule has 120 valence electrons. The van der Waals surface area contributed by atoms with Crippen molar-refractivity contribution in [3.63, 3.8) is 0 Å². The third kappa shape index (κ3) is 4.02. The van der Waals surface area contributed by atoms with Gasteiger partial charge in [0.05, 0.1) is 24.7 Å². The van der Waals surface area contributed by atoms with Crippen molar-refractivity contribution in [2.75, 3.05) is 0 Å². The summed E-state index contributed by atoms with van der Waals surface area (Å²) in [6.45, 7) is 4.15. The van der Waals surface area contributed by atoms with Crippen molar-refractivity contribution in [3.8, 4) is 0 Å². The summed E-state index contributed by atoms with van der Waals surface area (Å²) in [6.07, 6.45) is 5.09. The smallest absolute Gasteiger partial charge is 0.321 e. The van der Waals surface area contributed by atoms with E-state index in [-0.39, 0.29) is 18.8 Å². The summed E-state index contributed by atoms with van der Waals surface area (Å²) >= 11 is 0. The van der Waals surface area contributed by atoms with Gasteiger partial charge in [0, 0.05) is 0 Å². The van der Waals surface area contributed by atoms with Crippen LogP contribution in [0, 0.1) is 23.7 Å². The van der Waals surface area contributed by atoms with Gasteiger partial charge in [-0.25, -0.2) is 0 Å². The standard InChI is InChI=1S/C16H20O6/c1-9(2)3-4-10(12-8-14(18)22-16(12)20)5-6-11-7-13(17)21-15(11)19/h5-6,9-12H,3-4,7-8H2,1-2H3. The summed E-state index contributed by atoms with van der Waals surface area (Å²) in [5, 5.41) is 0. The van der Waals surface area contributed by atoms with E-state index in [1.54, 1.807) is 12.2 Å². The molecule has 2 aliphatic heterocycles. The van der Waals surface area contributed by atoms with Crippen LogP contribution in [0.1, 0.15) is 39.5 Å². The number of allylic oxidation sites excluding steroid dienone is 1. The Kier molecular flexibility index (Phi) is 5.11. The van der Waals surface area contributed by atoms with Gasteiger partial charge in [0.2, 0.25) is 0 Å². The van der Waals surface area contributed by atoms with Crippen LogP contribution in [0.2, 0.25) is 0 Å². The zero-order chi connectivity index (χ0) is 16.3. The van der Waals surface area contributed by atoms with E-state index in [4.69, 9.17) is 0 Å². The fourth-order valence-electron chi connectivity index (χ4n) is 2.69. The number of hydrogen-bond donors (Lipinski definition) is 0. The van der Waals surface area contributed by atoms with Crippen LogP contribution in [-0.4, -0.2) is 23.9 Å². The van der Waals surface area contributed by atoms with Gasteiger partial charge in [0.25, 0.3) is 0 Å². The zero-order valence-corrected chi connectivity index (χ0v) is 12.7. The normalized spacial score (nSPS) is 26.9. The molecule has 0 spiro atoms. The van der Waals surface area contributed by atoms with Gasteiger partial charge in [0.1, 0.15) is 0 Å². The van der Waals surface area contributed by atoms with E-state index < -0.39 is 35.7 Å². The SMILES string of the molecule is CC(C)CCC(C=CC1CC(=O)OC1=O)C1CC(=O)OC1=O. The molecule has 22 heavy (non-hydrogen) atoms. The lowest BCUT2D eigenvalue weighted by molar-refractivity contribution is -0.154. The number of esters is 4. The molecule has 2 rings (SSSR count). The molecule has 3 atom stereocenters. The zero-order valence-electron chi connectivity index (χ0n) is 12.7. The van der Waals surface area contributed by atoms with Gasteiger partial charge >= 0.3 is 23.9 Å². The molecule has 2 aliphatic rings. The average Bonchev–Trinajstić information content (AvgIpc) is 2.91. The van der Waals surface area contributed by atoms with E-state index >= 15 is 0 Å². The van der Waals surface area contributed by atoms with Crippen molar-refractivity contribution in [1.82, 2.24) is 0 Å². The van der Waals surface area contributed by atoms with Gasteiger partial charge in [-0.15, -0.1) is 0 Å². The third-order valence-electron chi connectivity index (χ3n) is 3.99. The highest BCUT2D eigenvalue weighted by Gasteiger charge is 2.38. The Balaban J connectivity index is 2.07. The number of rotatable bonds is 6. The van der Waals surface area contributed by atoms with E-state index in [0.29, 0.717) is 5.92 Å². The summed E-state index contributed by atoms with van der Waals surface area (Å²) in [6, 6.07) is 0.